The summed E-state index contributed by atoms with van der Waals surface area (Å²) in [4.78, 5) is 0. The molecule has 21 heavy (non-hydrogen) atoms. The lowest BCUT2D eigenvalue weighted by Gasteiger charge is -2.28. The predicted octanol–water partition coefficient (Wildman–Crippen LogP) is 5.80. The maximum atomic E-state index is 5.64. The van der Waals surface area contributed by atoms with Gasteiger partial charge in [0.1, 0.15) is 0 Å². The van der Waals surface area contributed by atoms with Crippen LogP contribution >= 0.6 is 0 Å². The van der Waals surface area contributed by atoms with Gasteiger partial charge < -0.3 is 4.74 Å². The molecule has 2 heteroatoms. The minimum absolute atomic E-state index is 0.315. The van der Waals surface area contributed by atoms with Crippen molar-refractivity contribution in [1.29, 1.82) is 0 Å². The molecule has 2 nitrogen and oxygen atoms in total. The van der Waals surface area contributed by atoms with E-state index in [4.69, 9.17) is 4.74 Å². The summed E-state index contributed by atoms with van der Waals surface area (Å²) in [5.41, 5.74) is 0.315. The van der Waals surface area contributed by atoms with Crippen molar-refractivity contribution in [3.63, 3.8) is 0 Å². The highest BCUT2D eigenvalue weighted by Gasteiger charge is 2.32. The Bertz CT molecular complexity index is 206. The first-order valence-corrected chi connectivity index (χ1v) is 9.66. The fraction of sp³-hybridized carbons (Fsp3) is 1.00. The fourth-order valence-corrected chi connectivity index (χ4v) is 3.44. The first kappa shape index (κ1) is 19.0. The summed E-state index contributed by atoms with van der Waals surface area (Å²) in [6.45, 7) is 6.28. The normalized spacial score (nSPS) is 17.4. The van der Waals surface area contributed by atoms with Gasteiger partial charge in [-0.2, -0.15) is 0 Å². The van der Waals surface area contributed by atoms with Gasteiger partial charge in [-0.25, -0.2) is 0 Å². The van der Waals surface area contributed by atoms with E-state index in [1.54, 1.807) is 0 Å². The Morgan fingerprint density at radius 1 is 0.714 bits per heavy atom. The van der Waals surface area contributed by atoms with Crippen LogP contribution < -0.4 is 5.32 Å². The zero-order valence-corrected chi connectivity index (χ0v) is 14.7. The van der Waals surface area contributed by atoms with Crippen molar-refractivity contribution in [2.75, 3.05) is 13.3 Å². The lowest BCUT2D eigenvalue weighted by molar-refractivity contribution is 0.168. The Morgan fingerprint density at radius 2 is 1.19 bits per heavy atom. The van der Waals surface area contributed by atoms with Gasteiger partial charge in [0.2, 0.25) is 0 Å². The maximum Gasteiger partial charge on any atom is 0.0971 e. The molecule has 0 radical (unpaired) electrons. The molecule has 1 saturated heterocycles. The smallest absolute Gasteiger partial charge is 0.0971 e. The van der Waals surface area contributed by atoms with Gasteiger partial charge in [0.15, 0.2) is 0 Å². The Morgan fingerprint density at radius 3 is 1.62 bits per heavy atom. The summed E-state index contributed by atoms with van der Waals surface area (Å²) in [5, 5.41) is 3.65. The summed E-state index contributed by atoms with van der Waals surface area (Å²) in [7, 11) is 0. The zero-order valence-electron chi connectivity index (χ0n) is 14.7. The average molecular weight is 298 g/mol. The van der Waals surface area contributed by atoms with E-state index in [-0.39, 0.29) is 0 Å². The number of rotatable bonds is 14. The number of hydrogen-bond donors (Lipinski definition) is 1. The number of unbranched alkanes of at least 4 members (excludes halogenated alkanes) is 10. The van der Waals surface area contributed by atoms with Crippen molar-refractivity contribution in [3.8, 4) is 0 Å². The van der Waals surface area contributed by atoms with Crippen LogP contribution in [0.1, 0.15) is 104 Å². The molecule has 1 rings (SSSR count). The summed E-state index contributed by atoms with van der Waals surface area (Å²) < 4.78 is 5.64. The molecule has 1 aliphatic rings. The maximum absolute atomic E-state index is 5.64. The molecule has 0 aliphatic carbocycles. The Balaban J connectivity index is 2.09. The molecule has 0 aromatic heterocycles. The van der Waals surface area contributed by atoms with Gasteiger partial charge in [0.25, 0.3) is 0 Å². The molecule has 1 N–H and O–H groups in total. The van der Waals surface area contributed by atoms with Crippen LogP contribution in [-0.2, 0) is 4.74 Å². The fourth-order valence-electron chi connectivity index (χ4n) is 3.44. The van der Waals surface area contributed by atoms with E-state index >= 15 is 0 Å². The molecule has 1 heterocycles. The van der Waals surface area contributed by atoms with Crippen LogP contribution in [0.2, 0.25) is 0 Å². The highest BCUT2D eigenvalue weighted by Crippen LogP contribution is 2.26. The van der Waals surface area contributed by atoms with Gasteiger partial charge in [0, 0.05) is 5.54 Å². The molecule has 0 aromatic rings. The molecule has 0 saturated carbocycles. The first-order chi connectivity index (χ1) is 10.3. The minimum atomic E-state index is 0.315. The second kappa shape index (κ2) is 12.5. The Labute approximate surface area is 133 Å². The average Bonchev–Trinajstić information content (AvgIpc) is 2.96. The monoisotopic (exact) mass is 297 g/mol. The molecule has 0 atom stereocenters. The van der Waals surface area contributed by atoms with Crippen LogP contribution in [0.25, 0.3) is 0 Å². The van der Waals surface area contributed by atoms with Crippen molar-refractivity contribution >= 4 is 0 Å². The van der Waals surface area contributed by atoms with Crippen LogP contribution in [0.3, 0.4) is 0 Å². The number of hydrogen-bond acceptors (Lipinski definition) is 2. The molecule has 1 fully saturated rings. The molecular weight excluding hydrogens is 258 g/mol. The molecule has 0 aromatic carbocycles. The van der Waals surface area contributed by atoms with E-state index < -0.39 is 0 Å². The molecule has 1 aliphatic heterocycles. The lowest BCUT2D eigenvalue weighted by Crippen LogP contribution is -2.42. The van der Waals surface area contributed by atoms with Gasteiger partial charge in [-0.15, -0.1) is 0 Å². The molecule has 0 amide bonds. The quantitative estimate of drug-likeness (QED) is 0.409. The predicted molar refractivity (Wildman–Crippen MR) is 92.7 cm³/mol. The van der Waals surface area contributed by atoms with Gasteiger partial charge in [-0.1, -0.05) is 90.9 Å². The largest absolute Gasteiger partial charge is 0.364 e. The van der Waals surface area contributed by atoms with Crippen molar-refractivity contribution in [1.82, 2.24) is 5.32 Å². The van der Waals surface area contributed by atoms with E-state index in [1.807, 2.05) is 0 Å². The van der Waals surface area contributed by atoms with Crippen LogP contribution in [0.4, 0.5) is 0 Å². The summed E-state index contributed by atoms with van der Waals surface area (Å²) in [6, 6.07) is 0. The molecule has 0 spiro atoms. The minimum Gasteiger partial charge on any atom is -0.364 e. The summed E-state index contributed by atoms with van der Waals surface area (Å²) >= 11 is 0. The highest BCUT2D eigenvalue weighted by molar-refractivity contribution is 4.90. The molecule has 0 bridgehead atoms. The van der Waals surface area contributed by atoms with E-state index in [9.17, 15) is 0 Å². The number of nitrogens with one attached hydrogen (secondary N) is 1. The lowest BCUT2D eigenvalue weighted by atomic mass is 9.87. The molecule has 126 valence electrons. The van der Waals surface area contributed by atoms with Crippen LogP contribution in [0, 0.1) is 0 Å². The summed E-state index contributed by atoms with van der Waals surface area (Å²) in [6.07, 6.45) is 19.4. The van der Waals surface area contributed by atoms with Crippen molar-refractivity contribution in [3.05, 3.63) is 0 Å². The Hall–Kier alpha value is -0.0800. The third kappa shape index (κ3) is 8.83. The van der Waals surface area contributed by atoms with Crippen LogP contribution in [0.15, 0.2) is 0 Å². The van der Waals surface area contributed by atoms with Gasteiger partial charge in [-0.3, -0.25) is 5.32 Å². The third-order valence-electron chi connectivity index (χ3n) is 4.95. The SMILES string of the molecule is CCCCCCCCC1(CCCCCCCC)COCN1. The topological polar surface area (TPSA) is 21.3 Å². The van der Waals surface area contributed by atoms with Gasteiger partial charge in [-0.05, 0) is 12.8 Å². The highest BCUT2D eigenvalue weighted by atomic mass is 16.5. The van der Waals surface area contributed by atoms with E-state index in [0.717, 1.165) is 13.3 Å². The first-order valence-electron chi connectivity index (χ1n) is 9.66. The van der Waals surface area contributed by atoms with Crippen LogP contribution in [0.5, 0.6) is 0 Å². The van der Waals surface area contributed by atoms with E-state index in [2.05, 4.69) is 19.2 Å². The van der Waals surface area contributed by atoms with Crippen molar-refractivity contribution in [2.24, 2.45) is 0 Å². The van der Waals surface area contributed by atoms with Crippen molar-refractivity contribution in [2.45, 2.75) is 109 Å². The van der Waals surface area contributed by atoms with E-state index in [0.29, 0.717) is 5.54 Å². The summed E-state index contributed by atoms with van der Waals surface area (Å²) in [5.74, 6) is 0. The third-order valence-corrected chi connectivity index (χ3v) is 4.95. The molecular formula is C19H39NO. The zero-order chi connectivity index (χ0) is 15.2. The number of ether oxygens (including phenoxy) is 1. The van der Waals surface area contributed by atoms with Crippen molar-refractivity contribution < 1.29 is 4.74 Å². The molecule has 0 unspecified atom stereocenters. The Kier molecular flexibility index (Phi) is 11.3. The second-order valence-electron chi connectivity index (χ2n) is 6.99. The second-order valence-corrected chi connectivity index (χ2v) is 6.99. The van der Waals surface area contributed by atoms with Gasteiger partial charge in [0.05, 0.1) is 13.3 Å². The van der Waals surface area contributed by atoms with E-state index in [1.165, 1.54) is 89.9 Å². The van der Waals surface area contributed by atoms with Gasteiger partial charge >= 0.3 is 0 Å². The van der Waals surface area contributed by atoms with Crippen LogP contribution in [-0.4, -0.2) is 18.9 Å². The standard InChI is InChI=1S/C19H39NO/c1-3-5-7-9-11-13-15-19(17-21-18-20-19)16-14-12-10-8-6-4-2/h20H,3-18H2,1-2H3.